The van der Waals surface area contributed by atoms with Crippen LogP contribution in [0.1, 0.15) is 29.5 Å². The number of aryl methyl sites for hydroxylation is 3. The van der Waals surface area contributed by atoms with Gasteiger partial charge in [0.1, 0.15) is 5.69 Å². The second-order valence-corrected chi connectivity index (χ2v) is 7.93. The van der Waals surface area contributed by atoms with E-state index in [-0.39, 0.29) is 4.90 Å². The molecule has 0 bridgehead atoms. The summed E-state index contributed by atoms with van der Waals surface area (Å²) >= 11 is 0. The summed E-state index contributed by atoms with van der Waals surface area (Å²) in [6.07, 6.45) is 2.47. The van der Waals surface area contributed by atoms with Crippen LogP contribution in [0.5, 0.6) is 0 Å². The highest BCUT2D eigenvalue weighted by molar-refractivity contribution is 7.85. The molecule has 0 amide bonds. The summed E-state index contributed by atoms with van der Waals surface area (Å²) in [5, 5.41) is 8.99. The van der Waals surface area contributed by atoms with E-state index in [1.807, 2.05) is 19.9 Å². The maximum Gasteiger partial charge on any atom is 0.408 e. The van der Waals surface area contributed by atoms with Crippen LogP contribution in [0.4, 0.5) is 11.4 Å². The smallest absolute Gasteiger partial charge is 0.365 e. The summed E-state index contributed by atoms with van der Waals surface area (Å²) < 4.78 is 29.6. The van der Waals surface area contributed by atoms with Crippen LogP contribution in [-0.2, 0) is 10.1 Å². The Hall–Kier alpha value is -2.43. The molecule has 1 saturated heterocycles. The Kier molecular flexibility index (Phi) is 6.35. The molecule has 2 aromatic carbocycles. The third-order valence-corrected chi connectivity index (χ3v) is 5.33. The van der Waals surface area contributed by atoms with E-state index in [4.69, 9.17) is 9.95 Å². The second kappa shape index (κ2) is 8.30. The van der Waals surface area contributed by atoms with Crippen molar-refractivity contribution in [2.45, 2.75) is 38.5 Å². The fourth-order valence-electron chi connectivity index (χ4n) is 2.79. The van der Waals surface area contributed by atoms with Crippen molar-refractivity contribution in [1.82, 2.24) is 0 Å². The summed E-state index contributed by atoms with van der Waals surface area (Å²) in [6, 6.07) is 10.1. The van der Waals surface area contributed by atoms with Crippen LogP contribution in [0.15, 0.2) is 41.3 Å². The second-order valence-electron chi connectivity index (χ2n) is 6.51. The van der Waals surface area contributed by atoms with Gasteiger partial charge in [0.2, 0.25) is 5.39 Å². The highest BCUT2D eigenvalue weighted by Gasteiger charge is 2.23. The molecule has 0 unspecified atom stereocenters. The fourth-order valence-corrected chi connectivity index (χ4v) is 3.27. The van der Waals surface area contributed by atoms with Gasteiger partial charge in [-0.15, -0.1) is 0 Å². The molecular weight excluding hydrogens is 350 g/mol. The van der Waals surface area contributed by atoms with E-state index in [2.05, 4.69) is 22.9 Å². The van der Waals surface area contributed by atoms with Gasteiger partial charge in [0.25, 0.3) is 10.1 Å². The van der Waals surface area contributed by atoms with Crippen LogP contribution < -0.4 is 4.90 Å². The van der Waals surface area contributed by atoms with Gasteiger partial charge in [0, 0.05) is 19.2 Å². The maximum absolute atomic E-state index is 10.5. The van der Waals surface area contributed by atoms with Gasteiger partial charge in [-0.25, -0.2) is 0 Å². The molecule has 1 N–H and O–H groups in total. The van der Waals surface area contributed by atoms with E-state index in [0.29, 0.717) is 5.69 Å². The van der Waals surface area contributed by atoms with E-state index in [0.717, 1.165) is 24.3 Å². The van der Waals surface area contributed by atoms with Crippen molar-refractivity contribution in [3.63, 3.8) is 0 Å². The quantitative estimate of drug-likeness (QED) is 0.612. The number of anilines is 1. The summed E-state index contributed by atoms with van der Waals surface area (Å²) in [5.41, 5.74) is 5.14. The molecule has 1 aliphatic rings. The van der Waals surface area contributed by atoms with Crippen molar-refractivity contribution < 1.29 is 13.0 Å². The Balaban J connectivity index is 0.000000197. The first-order chi connectivity index (χ1) is 12.2. The molecule has 1 heterocycles. The predicted octanol–water partition coefficient (Wildman–Crippen LogP) is 4.63. The first-order valence-electron chi connectivity index (χ1n) is 8.48. The molecule has 2 aromatic rings. The van der Waals surface area contributed by atoms with Crippen LogP contribution in [0, 0.1) is 26.2 Å². The van der Waals surface area contributed by atoms with Gasteiger partial charge in [-0.2, -0.15) is 8.42 Å². The number of hydrogen-bond acceptors (Lipinski definition) is 4. The van der Waals surface area contributed by atoms with Crippen molar-refractivity contribution in [1.29, 1.82) is 5.39 Å². The average molecular weight is 374 g/mol. The van der Waals surface area contributed by atoms with Gasteiger partial charge in [-0.1, -0.05) is 17.7 Å². The molecular formula is C19H24N3O3S+. The molecule has 6 nitrogen and oxygen atoms in total. The topological polar surface area (TPSA) is 85.8 Å². The summed E-state index contributed by atoms with van der Waals surface area (Å²) in [7, 11) is -4.02. The third kappa shape index (κ3) is 5.04. The molecule has 0 aliphatic carbocycles. The van der Waals surface area contributed by atoms with Crippen molar-refractivity contribution >= 4 is 21.5 Å². The highest BCUT2D eigenvalue weighted by Crippen LogP contribution is 2.33. The van der Waals surface area contributed by atoms with Gasteiger partial charge in [0.05, 0.1) is 4.90 Å². The van der Waals surface area contributed by atoms with Gasteiger partial charge < -0.3 is 4.90 Å². The van der Waals surface area contributed by atoms with Crippen molar-refractivity contribution in [3.8, 4) is 0 Å². The SMILES string of the molecule is Cc1cc([N+]#N)c(N2CCCC2)cc1C.Cc1ccc(S(=O)(=O)O)cc1. The zero-order chi connectivity index (χ0) is 19.3. The van der Waals surface area contributed by atoms with E-state index < -0.39 is 10.1 Å². The molecule has 138 valence electrons. The van der Waals surface area contributed by atoms with E-state index in [1.165, 1.54) is 36.1 Å². The standard InChI is InChI=1S/C12H16N3.C7H8O3S/c1-9-7-11(14-13)12(8-10(9)2)15-5-3-4-6-15;1-6-2-4-7(5-3-6)11(8,9)10/h7-8H,3-6H2,1-2H3;2-5H,1H3,(H,8,9,10)/q+1;. The van der Waals surface area contributed by atoms with Crippen molar-refractivity contribution in [2.75, 3.05) is 18.0 Å². The van der Waals surface area contributed by atoms with Gasteiger partial charge in [-0.3, -0.25) is 4.55 Å². The minimum Gasteiger partial charge on any atom is -0.365 e. The van der Waals surface area contributed by atoms with Crippen LogP contribution in [0.3, 0.4) is 0 Å². The molecule has 26 heavy (non-hydrogen) atoms. The summed E-state index contributed by atoms with van der Waals surface area (Å²) in [4.78, 5) is 5.60. The lowest BCUT2D eigenvalue weighted by atomic mass is 10.1. The molecule has 0 saturated carbocycles. The minimum absolute atomic E-state index is 0.0666. The normalized spacial score (nSPS) is 13.7. The lowest BCUT2D eigenvalue weighted by molar-refractivity contribution is 0.483. The van der Waals surface area contributed by atoms with Gasteiger partial charge in [0.15, 0.2) is 4.98 Å². The van der Waals surface area contributed by atoms with E-state index in [9.17, 15) is 8.42 Å². The molecule has 7 heteroatoms. The predicted molar refractivity (Wildman–Crippen MR) is 103 cm³/mol. The van der Waals surface area contributed by atoms with Gasteiger partial charge >= 0.3 is 5.69 Å². The van der Waals surface area contributed by atoms with Crippen LogP contribution >= 0.6 is 0 Å². The number of diazo groups is 1. The third-order valence-electron chi connectivity index (χ3n) is 4.46. The maximum atomic E-state index is 10.5. The van der Waals surface area contributed by atoms with Crippen molar-refractivity contribution in [3.05, 3.63) is 58.1 Å². The Morgan fingerprint density at radius 2 is 1.54 bits per heavy atom. The van der Waals surface area contributed by atoms with E-state index in [1.54, 1.807) is 12.1 Å². The van der Waals surface area contributed by atoms with Gasteiger partial charge in [-0.05, 0) is 62.9 Å². The molecule has 1 aliphatic heterocycles. The highest BCUT2D eigenvalue weighted by atomic mass is 32.2. The summed E-state index contributed by atoms with van der Waals surface area (Å²) in [6.45, 7) is 8.12. The molecule has 3 rings (SSSR count). The molecule has 0 radical (unpaired) electrons. The first-order valence-corrected chi connectivity index (χ1v) is 9.92. The Bertz CT molecular complexity index is 910. The average Bonchev–Trinajstić information content (AvgIpc) is 3.11. The number of nitrogens with zero attached hydrogens (tertiary/aromatic N) is 3. The Labute approximate surface area is 154 Å². The largest absolute Gasteiger partial charge is 0.408 e. The fraction of sp³-hybridized carbons (Fsp3) is 0.368. The Morgan fingerprint density at radius 3 is 2.04 bits per heavy atom. The minimum atomic E-state index is -4.02. The van der Waals surface area contributed by atoms with E-state index >= 15 is 0 Å². The zero-order valence-corrected chi connectivity index (χ0v) is 16.1. The van der Waals surface area contributed by atoms with Crippen LogP contribution in [-0.4, -0.2) is 26.1 Å². The monoisotopic (exact) mass is 374 g/mol. The molecule has 0 atom stereocenters. The van der Waals surface area contributed by atoms with Crippen molar-refractivity contribution in [2.24, 2.45) is 0 Å². The molecule has 1 fully saturated rings. The summed E-state index contributed by atoms with van der Waals surface area (Å²) in [5.74, 6) is 0. The number of hydrogen-bond donors (Lipinski definition) is 1. The number of rotatable bonds is 2. The molecule has 0 aromatic heterocycles. The lowest BCUT2D eigenvalue weighted by Crippen LogP contribution is -2.17. The Morgan fingerprint density at radius 1 is 1.00 bits per heavy atom. The van der Waals surface area contributed by atoms with Crippen LogP contribution in [0.25, 0.3) is 4.98 Å². The first kappa shape index (κ1) is 19.9. The lowest BCUT2D eigenvalue weighted by Gasteiger charge is -2.16. The molecule has 0 spiro atoms. The number of benzene rings is 2. The zero-order valence-electron chi connectivity index (χ0n) is 15.3. The van der Waals surface area contributed by atoms with Crippen LogP contribution in [0.2, 0.25) is 0 Å².